The summed E-state index contributed by atoms with van der Waals surface area (Å²) < 4.78 is 30.1. The van der Waals surface area contributed by atoms with Gasteiger partial charge >= 0.3 is 5.97 Å². The number of carbonyl (C=O) groups excluding carboxylic acids is 2. The van der Waals surface area contributed by atoms with Crippen molar-refractivity contribution in [3.8, 4) is 0 Å². The first-order valence-corrected chi connectivity index (χ1v) is 11.8. The zero-order valence-corrected chi connectivity index (χ0v) is 18.5. The van der Waals surface area contributed by atoms with Crippen molar-refractivity contribution in [2.45, 2.75) is 4.34 Å². The zero-order valence-electron chi connectivity index (χ0n) is 14.5. The van der Waals surface area contributed by atoms with E-state index in [1.54, 1.807) is 0 Å². The van der Waals surface area contributed by atoms with Gasteiger partial charge in [-0.2, -0.15) is 0 Å². The van der Waals surface area contributed by atoms with Crippen LogP contribution in [0.25, 0.3) is 0 Å². The maximum atomic E-state index is 12.3. The van der Waals surface area contributed by atoms with Gasteiger partial charge in [0.25, 0.3) is 0 Å². The average Bonchev–Trinajstić information content (AvgIpc) is 3.04. The molecule has 0 saturated heterocycles. The number of nitrogens with one attached hydrogen (secondary N) is 1. The summed E-state index contributed by atoms with van der Waals surface area (Å²) in [4.78, 5) is 23.4. The largest absolute Gasteiger partial charge is 0.468 e. The molecule has 0 spiro atoms. The molecule has 2 rings (SSSR count). The molecule has 0 fully saturated rings. The number of thioether (sulfide) groups is 1. The predicted molar refractivity (Wildman–Crippen MR) is 110 cm³/mol. The van der Waals surface area contributed by atoms with Gasteiger partial charge < -0.3 is 4.74 Å². The summed E-state index contributed by atoms with van der Waals surface area (Å²) in [6.45, 7) is -0.523. The number of carbonyl (C=O) groups is 2. The molecular formula is C14H14Cl2N4O5S3. The van der Waals surface area contributed by atoms with Crippen LogP contribution in [0.4, 0.5) is 10.8 Å². The molecule has 0 unspecified atom stereocenters. The highest BCUT2D eigenvalue weighted by Crippen LogP contribution is 2.30. The molecule has 0 saturated carbocycles. The highest BCUT2D eigenvalue weighted by molar-refractivity contribution is 8.01. The van der Waals surface area contributed by atoms with Gasteiger partial charge in [0.05, 0.1) is 29.8 Å². The van der Waals surface area contributed by atoms with Crippen molar-refractivity contribution in [2.24, 2.45) is 0 Å². The molecule has 0 aliphatic carbocycles. The molecule has 14 heteroatoms. The Morgan fingerprint density at radius 2 is 2.04 bits per heavy atom. The summed E-state index contributed by atoms with van der Waals surface area (Å²) in [5.74, 6) is -1.01. The van der Waals surface area contributed by atoms with Crippen LogP contribution in [0.15, 0.2) is 22.5 Å². The molecule has 28 heavy (non-hydrogen) atoms. The van der Waals surface area contributed by atoms with Gasteiger partial charge in [-0.3, -0.25) is 19.2 Å². The van der Waals surface area contributed by atoms with Crippen LogP contribution in [0.5, 0.6) is 0 Å². The Balaban J connectivity index is 2.08. The van der Waals surface area contributed by atoms with Crippen molar-refractivity contribution in [3.05, 3.63) is 28.2 Å². The Bertz CT molecular complexity index is 983. The number of ether oxygens (including phenoxy) is 1. The Morgan fingerprint density at radius 1 is 1.32 bits per heavy atom. The van der Waals surface area contributed by atoms with Crippen molar-refractivity contribution in [1.29, 1.82) is 0 Å². The lowest BCUT2D eigenvalue weighted by atomic mass is 10.3. The summed E-state index contributed by atoms with van der Waals surface area (Å²) in [7, 11) is -2.53. The Labute approximate surface area is 179 Å². The van der Waals surface area contributed by atoms with E-state index in [1.165, 1.54) is 25.3 Å². The molecule has 9 nitrogen and oxygen atoms in total. The Morgan fingerprint density at radius 3 is 2.64 bits per heavy atom. The summed E-state index contributed by atoms with van der Waals surface area (Å²) >= 11 is 14.0. The van der Waals surface area contributed by atoms with Gasteiger partial charge in [0.15, 0.2) is 4.34 Å². The standard InChI is InChI=1S/C14H14Cl2N4O5S3/c1-25-12(22)7-26-14-19-18-13(27-14)17-11(21)6-20(28(2,23)24)10-4-3-8(15)5-9(10)16/h3-5H,6-7H2,1-2H3,(H,17,18,21). The van der Waals surface area contributed by atoms with E-state index in [4.69, 9.17) is 23.2 Å². The Kier molecular flexibility index (Phi) is 7.89. The van der Waals surface area contributed by atoms with Gasteiger partial charge in [0.2, 0.25) is 21.1 Å². The molecule has 152 valence electrons. The number of amides is 1. The fourth-order valence-electron chi connectivity index (χ4n) is 1.85. The molecule has 2 aromatic rings. The molecule has 1 aromatic carbocycles. The summed E-state index contributed by atoms with van der Waals surface area (Å²) in [5.41, 5.74) is 0.121. The predicted octanol–water partition coefficient (Wildman–Crippen LogP) is 2.51. The smallest absolute Gasteiger partial charge is 0.316 e. The number of nitrogens with zero attached hydrogens (tertiary/aromatic N) is 3. The van der Waals surface area contributed by atoms with E-state index in [2.05, 4.69) is 20.3 Å². The van der Waals surface area contributed by atoms with Crippen molar-refractivity contribution in [1.82, 2.24) is 10.2 Å². The van der Waals surface area contributed by atoms with Gasteiger partial charge in [-0.1, -0.05) is 46.3 Å². The lowest BCUT2D eigenvalue weighted by Gasteiger charge is -2.22. The summed E-state index contributed by atoms with van der Waals surface area (Å²) in [5, 5.41) is 10.7. The molecule has 0 bridgehead atoms. The maximum absolute atomic E-state index is 12.3. The number of hydrogen-bond acceptors (Lipinski definition) is 9. The van der Waals surface area contributed by atoms with E-state index in [-0.39, 0.29) is 21.6 Å². The average molecular weight is 485 g/mol. The zero-order chi connectivity index (χ0) is 20.9. The number of sulfonamides is 1. The van der Waals surface area contributed by atoms with Crippen LogP contribution in [0, 0.1) is 0 Å². The minimum atomic E-state index is -3.80. The Hall–Kier alpha value is -1.60. The number of esters is 1. The first kappa shape index (κ1) is 22.7. The van der Waals surface area contributed by atoms with Crippen molar-refractivity contribution < 1.29 is 22.7 Å². The van der Waals surface area contributed by atoms with Crippen LogP contribution in [0.3, 0.4) is 0 Å². The molecule has 1 N–H and O–H groups in total. The molecule has 1 heterocycles. The van der Waals surface area contributed by atoms with Gasteiger partial charge in [0.1, 0.15) is 6.54 Å². The van der Waals surface area contributed by atoms with E-state index in [0.717, 1.165) is 33.7 Å². The second kappa shape index (κ2) is 9.74. The number of rotatable bonds is 8. The third kappa shape index (κ3) is 6.48. The van der Waals surface area contributed by atoms with Gasteiger partial charge in [-0.15, -0.1) is 10.2 Å². The van der Waals surface area contributed by atoms with Gasteiger partial charge in [-0.25, -0.2) is 8.42 Å². The fourth-order valence-corrected chi connectivity index (χ4v) is 4.88. The molecule has 0 aliphatic heterocycles. The highest BCUT2D eigenvalue weighted by Gasteiger charge is 2.24. The number of aromatic nitrogens is 2. The second-order valence-electron chi connectivity index (χ2n) is 5.15. The number of hydrogen-bond donors (Lipinski definition) is 1. The van der Waals surface area contributed by atoms with E-state index in [9.17, 15) is 18.0 Å². The SMILES string of the molecule is COC(=O)CSc1nnc(NC(=O)CN(c2ccc(Cl)cc2Cl)S(C)(=O)=O)s1. The van der Waals surface area contributed by atoms with E-state index in [0.29, 0.717) is 9.36 Å². The van der Waals surface area contributed by atoms with Crippen LogP contribution >= 0.6 is 46.3 Å². The summed E-state index contributed by atoms with van der Waals surface area (Å²) in [6.07, 6.45) is 0.956. The first-order valence-electron chi connectivity index (χ1n) is 7.36. The van der Waals surface area contributed by atoms with Crippen LogP contribution in [0.1, 0.15) is 0 Å². The van der Waals surface area contributed by atoms with Crippen LogP contribution in [-0.2, 0) is 24.3 Å². The lowest BCUT2D eigenvalue weighted by Crippen LogP contribution is -2.37. The molecule has 0 atom stereocenters. The molecule has 1 amide bonds. The van der Waals surface area contributed by atoms with Crippen molar-refractivity contribution in [2.75, 3.05) is 35.3 Å². The fraction of sp³-hybridized carbons (Fsp3) is 0.286. The first-order chi connectivity index (χ1) is 13.1. The van der Waals surface area contributed by atoms with Crippen molar-refractivity contribution >= 4 is 79.0 Å². The minimum absolute atomic E-state index is 0.0516. The summed E-state index contributed by atoms with van der Waals surface area (Å²) in [6, 6.07) is 4.25. The van der Waals surface area contributed by atoms with Crippen molar-refractivity contribution in [3.63, 3.8) is 0 Å². The van der Waals surface area contributed by atoms with E-state index in [1.807, 2.05) is 0 Å². The molecule has 0 aliphatic rings. The highest BCUT2D eigenvalue weighted by atomic mass is 35.5. The third-order valence-corrected chi connectivity index (χ3v) is 6.67. The maximum Gasteiger partial charge on any atom is 0.316 e. The number of benzene rings is 1. The van der Waals surface area contributed by atoms with Crippen LogP contribution in [0.2, 0.25) is 10.0 Å². The second-order valence-corrected chi connectivity index (χ2v) is 10.1. The lowest BCUT2D eigenvalue weighted by molar-refractivity contribution is -0.137. The van der Waals surface area contributed by atoms with Crippen LogP contribution in [-0.4, -0.2) is 56.2 Å². The number of anilines is 2. The quantitative estimate of drug-likeness (QED) is 0.344. The molecule has 0 radical (unpaired) electrons. The molecular weight excluding hydrogens is 471 g/mol. The number of halogens is 2. The van der Waals surface area contributed by atoms with Gasteiger partial charge in [0, 0.05) is 5.02 Å². The number of methoxy groups -OCH3 is 1. The van der Waals surface area contributed by atoms with E-state index >= 15 is 0 Å². The topological polar surface area (TPSA) is 119 Å². The normalized spacial score (nSPS) is 11.1. The molecule has 1 aromatic heterocycles. The van der Waals surface area contributed by atoms with E-state index < -0.39 is 28.4 Å². The monoisotopic (exact) mass is 484 g/mol. The van der Waals surface area contributed by atoms with Gasteiger partial charge in [-0.05, 0) is 18.2 Å². The minimum Gasteiger partial charge on any atom is -0.468 e. The third-order valence-electron chi connectivity index (χ3n) is 3.06. The van der Waals surface area contributed by atoms with Crippen LogP contribution < -0.4 is 9.62 Å².